The number of fused-ring (bicyclic) bond motifs is 1. The molecule has 2 rings (SSSR count). The van der Waals surface area contributed by atoms with Gasteiger partial charge in [-0.25, -0.2) is 0 Å². The van der Waals surface area contributed by atoms with Crippen molar-refractivity contribution >= 4 is 16.5 Å². The van der Waals surface area contributed by atoms with E-state index in [1.165, 1.54) is 22.0 Å². The number of nitrogens with one attached hydrogen (secondary N) is 1. The summed E-state index contributed by atoms with van der Waals surface area (Å²) < 4.78 is 0. The Morgan fingerprint density at radius 2 is 1.62 bits per heavy atom. The third kappa shape index (κ3) is 1.78. The van der Waals surface area contributed by atoms with Crippen LogP contribution in [0.15, 0.2) is 36.4 Å². The van der Waals surface area contributed by atoms with E-state index >= 15 is 0 Å². The quantitative estimate of drug-likeness (QED) is 0.749. The van der Waals surface area contributed by atoms with Gasteiger partial charge in [0.25, 0.3) is 0 Å². The zero-order chi connectivity index (χ0) is 11.8. The van der Waals surface area contributed by atoms with Gasteiger partial charge in [0.15, 0.2) is 0 Å². The molecule has 0 unspecified atom stereocenters. The van der Waals surface area contributed by atoms with Crippen LogP contribution < -0.4 is 5.32 Å². The van der Waals surface area contributed by atoms with Crippen molar-refractivity contribution in [2.75, 3.05) is 12.4 Å². The van der Waals surface area contributed by atoms with Crippen molar-refractivity contribution in [3.8, 4) is 0 Å². The molecule has 1 N–H and O–H groups in total. The summed E-state index contributed by atoms with van der Waals surface area (Å²) in [4.78, 5) is 0. The summed E-state index contributed by atoms with van der Waals surface area (Å²) in [6, 6.07) is 12.9. The van der Waals surface area contributed by atoms with E-state index in [1.807, 2.05) is 7.05 Å². The molecule has 0 spiro atoms. The van der Waals surface area contributed by atoms with Crippen LogP contribution in [0, 0.1) is 0 Å². The summed E-state index contributed by atoms with van der Waals surface area (Å²) in [6.07, 6.45) is 0. The fraction of sp³-hybridized carbons (Fsp3) is 0.333. The minimum Gasteiger partial charge on any atom is -0.388 e. The van der Waals surface area contributed by atoms with E-state index in [0.717, 1.165) is 0 Å². The van der Waals surface area contributed by atoms with E-state index in [9.17, 15) is 0 Å². The van der Waals surface area contributed by atoms with Gasteiger partial charge in [-0.05, 0) is 27.8 Å². The molecule has 0 saturated heterocycles. The number of hydrogen-bond acceptors (Lipinski definition) is 1. The molecule has 0 saturated carbocycles. The Hall–Kier alpha value is -1.50. The molecule has 84 valence electrons. The van der Waals surface area contributed by atoms with Crippen LogP contribution in [0.1, 0.15) is 26.3 Å². The molecule has 0 radical (unpaired) electrons. The average Bonchev–Trinajstić information content (AvgIpc) is 2.26. The van der Waals surface area contributed by atoms with Crippen LogP contribution in [-0.4, -0.2) is 7.05 Å². The van der Waals surface area contributed by atoms with E-state index in [0.29, 0.717) is 0 Å². The number of hydrogen-bond donors (Lipinski definition) is 1. The number of benzene rings is 2. The molecule has 0 aliphatic heterocycles. The van der Waals surface area contributed by atoms with Crippen LogP contribution in [0.25, 0.3) is 10.8 Å². The van der Waals surface area contributed by atoms with Gasteiger partial charge in [-0.3, -0.25) is 0 Å². The summed E-state index contributed by atoms with van der Waals surface area (Å²) in [5.74, 6) is 0. The predicted molar refractivity (Wildman–Crippen MR) is 72.2 cm³/mol. The van der Waals surface area contributed by atoms with Crippen molar-refractivity contribution in [3.05, 3.63) is 42.0 Å². The van der Waals surface area contributed by atoms with Gasteiger partial charge in [0.1, 0.15) is 0 Å². The van der Waals surface area contributed by atoms with Crippen molar-refractivity contribution in [2.45, 2.75) is 26.2 Å². The second-order valence-corrected chi connectivity index (χ2v) is 5.21. The van der Waals surface area contributed by atoms with E-state index < -0.39 is 0 Å². The Morgan fingerprint density at radius 1 is 0.938 bits per heavy atom. The molecule has 0 amide bonds. The van der Waals surface area contributed by atoms with Crippen molar-refractivity contribution in [1.82, 2.24) is 0 Å². The predicted octanol–water partition coefficient (Wildman–Crippen LogP) is 4.18. The molecule has 0 aliphatic rings. The monoisotopic (exact) mass is 213 g/mol. The van der Waals surface area contributed by atoms with Crippen LogP contribution in [0.4, 0.5) is 5.69 Å². The smallest absolute Gasteiger partial charge is 0.0381 e. The number of rotatable bonds is 1. The first-order chi connectivity index (χ1) is 7.54. The van der Waals surface area contributed by atoms with Crippen LogP contribution in [0.2, 0.25) is 0 Å². The third-order valence-electron chi connectivity index (χ3n) is 2.95. The molecule has 1 nitrogen and oxygen atoms in total. The lowest BCUT2D eigenvalue weighted by Crippen LogP contribution is -2.14. The van der Waals surface area contributed by atoms with Crippen molar-refractivity contribution in [3.63, 3.8) is 0 Å². The van der Waals surface area contributed by atoms with Crippen LogP contribution in [0.3, 0.4) is 0 Å². The summed E-state index contributed by atoms with van der Waals surface area (Å²) in [5.41, 5.74) is 2.78. The van der Waals surface area contributed by atoms with E-state index in [4.69, 9.17) is 0 Å². The molecule has 0 fully saturated rings. The van der Waals surface area contributed by atoms with Gasteiger partial charge in [0.2, 0.25) is 0 Å². The first-order valence-electron chi connectivity index (χ1n) is 5.74. The molecular formula is C15H19N. The maximum absolute atomic E-state index is 3.29. The van der Waals surface area contributed by atoms with Crippen LogP contribution >= 0.6 is 0 Å². The highest BCUT2D eigenvalue weighted by Crippen LogP contribution is 2.35. The average molecular weight is 213 g/mol. The lowest BCUT2D eigenvalue weighted by Gasteiger charge is -2.25. The first kappa shape index (κ1) is 11.0. The third-order valence-corrected chi connectivity index (χ3v) is 2.95. The highest BCUT2D eigenvalue weighted by Gasteiger charge is 2.20. The summed E-state index contributed by atoms with van der Waals surface area (Å²) in [5, 5.41) is 5.95. The van der Waals surface area contributed by atoms with Crippen LogP contribution in [0.5, 0.6) is 0 Å². The maximum atomic E-state index is 3.29. The van der Waals surface area contributed by atoms with Gasteiger partial charge < -0.3 is 5.32 Å². The SMILES string of the molecule is CNc1ccc2ccccc2c1C(C)(C)C. The minimum absolute atomic E-state index is 0.152. The Balaban J connectivity index is 2.84. The van der Waals surface area contributed by atoms with Gasteiger partial charge in [-0.15, -0.1) is 0 Å². The van der Waals surface area contributed by atoms with Crippen molar-refractivity contribution in [2.24, 2.45) is 0 Å². The normalized spacial score (nSPS) is 11.8. The Bertz CT molecular complexity index is 506. The van der Waals surface area contributed by atoms with Crippen molar-refractivity contribution in [1.29, 1.82) is 0 Å². The standard InChI is InChI=1S/C15H19N/c1-15(2,3)14-12-8-6-5-7-11(12)9-10-13(14)16-4/h5-10,16H,1-4H3. The molecule has 0 atom stereocenters. The van der Waals surface area contributed by atoms with Gasteiger partial charge in [-0.2, -0.15) is 0 Å². The zero-order valence-corrected chi connectivity index (χ0v) is 10.5. The summed E-state index contributed by atoms with van der Waals surface area (Å²) in [6.45, 7) is 6.78. The Kier molecular flexibility index (Phi) is 2.63. The van der Waals surface area contributed by atoms with Crippen LogP contribution in [-0.2, 0) is 5.41 Å². The molecule has 0 aliphatic carbocycles. The van der Waals surface area contributed by atoms with Gasteiger partial charge in [0.05, 0.1) is 0 Å². The first-order valence-corrected chi connectivity index (χ1v) is 5.74. The molecule has 2 aromatic carbocycles. The summed E-state index contributed by atoms with van der Waals surface area (Å²) in [7, 11) is 1.99. The van der Waals surface area contributed by atoms with E-state index in [-0.39, 0.29) is 5.41 Å². The van der Waals surface area contributed by atoms with Gasteiger partial charge in [0, 0.05) is 12.7 Å². The largest absolute Gasteiger partial charge is 0.388 e. The Morgan fingerprint density at radius 3 is 2.25 bits per heavy atom. The molecule has 1 heteroatoms. The van der Waals surface area contributed by atoms with E-state index in [2.05, 4.69) is 62.5 Å². The topological polar surface area (TPSA) is 12.0 Å². The molecular weight excluding hydrogens is 194 g/mol. The maximum Gasteiger partial charge on any atom is 0.0381 e. The lowest BCUT2D eigenvalue weighted by atomic mass is 9.82. The fourth-order valence-electron chi connectivity index (χ4n) is 2.29. The zero-order valence-electron chi connectivity index (χ0n) is 10.5. The Labute approximate surface area is 97.5 Å². The minimum atomic E-state index is 0.152. The highest BCUT2D eigenvalue weighted by molar-refractivity contribution is 5.91. The van der Waals surface area contributed by atoms with E-state index in [1.54, 1.807) is 0 Å². The molecule has 16 heavy (non-hydrogen) atoms. The van der Waals surface area contributed by atoms with Gasteiger partial charge in [-0.1, -0.05) is 51.1 Å². The van der Waals surface area contributed by atoms with Crippen molar-refractivity contribution < 1.29 is 0 Å². The summed E-state index contributed by atoms with van der Waals surface area (Å²) >= 11 is 0. The highest BCUT2D eigenvalue weighted by atomic mass is 14.8. The second kappa shape index (κ2) is 3.82. The molecule has 0 bridgehead atoms. The second-order valence-electron chi connectivity index (χ2n) is 5.21. The molecule has 2 aromatic rings. The molecule has 0 aromatic heterocycles. The van der Waals surface area contributed by atoms with Gasteiger partial charge >= 0.3 is 0 Å². The fourth-order valence-corrected chi connectivity index (χ4v) is 2.29. The molecule has 0 heterocycles. The number of anilines is 1. The lowest BCUT2D eigenvalue weighted by molar-refractivity contribution is 0.597.